The van der Waals surface area contributed by atoms with E-state index in [4.69, 9.17) is 9.84 Å². The van der Waals surface area contributed by atoms with Crippen LogP contribution < -0.4 is 0 Å². The molecule has 106 valence electrons. The second kappa shape index (κ2) is 5.67. The van der Waals surface area contributed by atoms with Crippen molar-refractivity contribution >= 4 is 22.7 Å². The van der Waals surface area contributed by atoms with E-state index in [1.165, 1.54) is 11.8 Å². The number of rotatable bonds is 3. The number of benzene rings is 1. The standard InChI is InChI=1S/C14H15NO4S/c16-7-11-12(17)13(18)14(19-11)20-9-3-4-10-8(6-9)2-1-5-15-10/h1-6,11-14,16-18H,7H2/t11-,12+,13-,14+/m1/s1. The van der Waals surface area contributed by atoms with E-state index in [9.17, 15) is 10.2 Å². The summed E-state index contributed by atoms with van der Waals surface area (Å²) in [4.78, 5) is 5.16. The van der Waals surface area contributed by atoms with E-state index in [2.05, 4.69) is 4.98 Å². The Kier molecular flexibility index (Phi) is 3.91. The number of hydrogen-bond donors (Lipinski definition) is 3. The van der Waals surface area contributed by atoms with Crippen LogP contribution >= 0.6 is 11.8 Å². The molecule has 1 aliphatic heterocycles. The van der Waals surface area contributed by atoms with Crippen molar-refractivity contribution < 1.29 is 20.1 Å². The minimum atomic E-state index is -1.06. The molecule has 3 rings (SSSR count). The Morgan fingerprint density at radius 2 is 2.05 bits per heavy atom. The van der Waals surface area contributed by atoms with Gasteiger partial charge in [0.05, 0.1) is 12.1 Å². The monoisotopic (exact) mass is 293 g/mol. The van der Waals surface area contributed by atoms with Gasteiger partial charge in [-0.1, -0.05) is 17.8 Å². The van der Waals surface area contributed by atoms with E-state index in [1.807, 2.05) is 30.3 Å². The predicted octanol–water partition coefficient (Wildman–Crippen LogP) is 0.766. The van der Waals surface area contributed by atoms with Crippen molar-refractivity contribution in [2.45, 2.75) is 28.6 Å². The van der Waals surface area contributed by atoms with E-state index in [1.54, 1.807) is 6.20 Å². The zero-order valence-electron chi connectivity index (χ0n) is 10.6. The molecule has 0 aliphatic carbocycles. The summed E-state index contributed by atoms with van der Waals surface area (Å²) in [6, 6.07) is 9.59. The first kappa shape index (κ1) is 13.8. The first-order valence-electron chi connectivity index (χ1n) is 6.33. The highest BCUT2D eigenvalue weighted by Crippen LogP contribution is 2.35. The van der Waals surface area contributed by atoms with Gasteiger partial charge in [0.1, 0.15) is 23.7 Å². The molecule has 1 fully saturated rings. The lowest BCUT2D eigenvalue weighted by Gasteiger charge is -2.14. The second-order valence-corrected chi connectivity index (χ2v) is 5.85. The van der Waals surface area contributed by atoms with Crippen molar-refractivity contribution in [3.63, 3.8) is 0 Å². The van der Waals surface area contributed by atoms with Crippen molar-refractivity contribution in [1.82, 2.24) is 4.98 Å². The summed E-state index contributed by atoms with van der Waals surface area (Å²) in [7, 11) is 0. The molecule has 1 saturated heterocycles. The van der Waals surface area contributed by atoms with Crippen LogP contribution in [0.1, 0.15) is 0 Å². The van der Waals surface area contributed by atoms with Crippen LogP contribution in [0.25, 0.3) is 10.9 Å². The summed E-state index contributed by atoms with van der Waals surface area (Å²) in [5, 5.41) is 29.7. The number of aromatic nitrogens is 1. The minimum absolute atomic E-state index is 0.309. The van der Waals surface area contributed by atoms with Crippen molar-refractivity contribution in [2.75, 3.05) is 6.61 Å². The van der Waals surface area contributed by atoms with Gasteiger partial charge in [-0.15, -0.1) is 0 Å². The molecule has 1 aromatic carbocycles. The molecule has 2 heterocycles. The Hall–Kier alpha value is -1.18. The number of nitrogens with zero attached hydrogens (tertiary/aromatic N) is 1. The first-order valence-corrected chi connectivity index (χ1v) is 7.21. The van der Waals surface area contributed by atoms with Crippen molar-refractivity contribution in [2.24, 2.45) is 0 Å². The van der Waals surface area contributed by atoms with Crippen LogP contribution in [0, 0.1) is 0 Å². The molecule has 0 spiro atoms. The molecular weight excluding hydrogens is 278 g/mol. The number of fused-ring (bicyclic) bond motifs is 1. The van der Waals surface area contributed by atoms with Gasteiger partial charge in [0, 0.05) is 16.5 Å². The maximum absolute atomic E-state index is 9.91. The van der Waals surface area contributed by atoms with E-state index >= 15 is 0 Å². The van der Waals surface area contributed by atoms with Gasteiger partial charge in [-0.2, -0.15) is 0 Å². The summed E-state index contributed by atoms with van der Waals surface area (Å²) in [6.45, 7) is -0.309. The van der Waals surface area contributed by atoms with Crippen molar-refractivity contribution in [3.05, 3.63) is 36.5 Å². The van der Waals surface area contributed by atoms with Gasteiger partial charge in [-0.05, 0) is 24.3 Å². The largest absolute Gasteiger partial charge is 0.394 e. The lowest BCUT2D eigenvalue weighted by Crippen LogP contribution is -2.33. The molecule has 0 unspecified atom stereocenters. The molecule has 1 aliphatic rings. The Bertz CT molecular complexity index is 608. The highest BCUT2D eigenvalue weighted by Gasteiger charge is 2.42. The van der Waals surface area contributed by atoms with E-state index in [0.29, 0.717) is 0 Å². The highest BCUT2D eigenvalue weighted by atomic mass is 32.2. The maximum Gasteiger partial charge on any atom is 0.136 e. The van der Waals surface area contributed by atoms with Gasteiger partial charge >= 0.3 is 0 Å². The van der Waals surface area contributed by atoms with E-state index in [-0.39, 0.29) is 6.61 Å². The van der Waals surface area contributed by atoms with Gasteiger partial charge in [-0.3, -0.25) is 4.98 Å². The fourth-order valence-corrected chi connectivity index (χ4v) is 3.33. The van der Waals surface area contributed by atoms with Crippen LogP contribution in [0.4, 0.5) is 0 Å². The SMILES string of the molecule is OC[C@H]1O[C@@H](Sc2ccc3ncccc3c2)[C@H](O)[C@H]1O. The lowest BCUT2D eigenvalue weighted by atomic mass is 10.2. The normalized spacial score (nSPS) is 29.9. The van der Waals surface area contributed by atoms with Crippen LogP contribution in [0.5, 0.6) is 0 Å². The summed E-state index contributed by atoms with van der Waals surface area (Å²) in [5.41, 5.74) is 0.314. The van der Waals surface area contributed by atoms with Gasteiger partial charge in [-0.25, -0.2) is 0 Å². The number of pyridine rings is 1. The zero-order chi connectivity index (χ0) is 14.1. The quantitative estimate of drug-likeness (QED) is 0.775. The average molecular weight is 293 g/mol. The summed E-state index contributed by atoms with van der Waals surface area (Å²) >= 11 is 1.33. The summed E-state index contributed by atoms with van der Waals surface area (Å²) in [6.07, 6.45) is -1.06. The molecule has 2 aromatic rings. The number of thioether (sulfide) groups is 1. The number of aliphatic hydroxyl groups excluding tert-OH is 3. The molecule has 5 nitrogen and oxygen atoms in total. The lowest BCUT2D eigenvalue weighted by molar-refractivity contribution is -0.00808. The second-order valence-electron chi connectivity index (χ2n) is 4.68. The number of hydrogen-bond acceptors (Lipinski definition) is 6. The van der Waals surface area contributed by atoms with Crippen LogP contribution in [0.15, 0.2) is 41.4 Å². The Labute approximate surface area is 120 Å². The van der Waals surface area contributed by atoms with Crippen LogP contribution in [0.2, 0.25) is 0 Å². The van der Waals surface area contributed by atoms with Gasteiger partial charge in [0.25, 0.3) is 0 Å². The fourth-order valence-electron chi connectivity index (χ4n) is 2.22. The molecule has 0 radical (unpaired) electrons. The third kappa shape index (κ3) is 2.53. The van der Waals surface area contributed by atoms with Gasteiger partial charge < -0.3 is 20.1 Å². The molecule has 6 heteroatoms. The molecule has 20 heavy (non-hydrogen) atoms. The summed E-state index contributed by atoms with van der Waals surface area (Å²) in [5.74, 6) is 0. The first-order chi connectivity index (χ1) is 9.69. The predicted molar refractivity (Wildman–Crippen MR) is 75.4 cm³/mol. The molecule has 0 saturated carbocycles. The third-order valence-corrected chi connectivity index (χ3v) is 4.47. The Balaban J connectivity index is 1.79. The minimum Gasteiger partial charge on any atom is -0.394 e. The van der Waals surface area contributed by atoms with Crippen LogP contribution in [-0.2, 0) is 4.74 Å². The highest BCUT2D eigenvalue weighted by molar-refractivity contribution is 7.99. The molecule has 0 bridgehead atoms. The Morgan fingerprint density at radius 3 is 2.80 bits per heavy atom. The van der Waals surface area contributed by atoms with Crippen molar-refractivity contribution in [1.29, 1.82) is 0 Å². The smallest absolute Gasteiger partial charge is 0.136 e. The summed E-state index contributed by atoms with van der Waals surface area (Å²) < 4.78 is 5.45. The molecule has 0 amide bonds. The van der Waals surface area contributed by atoms with Gasteiger partial charge in [0.15, 0.2) is 0 Å². The van der Waals surface area contributed by atoms with E-state index < -0.39 is 23.7 Å². The zero-order valence-corrected chi connectivity index (χ0v) is 11.4. The average Bonchev–Trinajstić information content (AvgIpc) is 2.75. The molecular formula is C14H15NO4S. The van der Waals surface area contributed by atoms with Gasteiger partial charge in [0.2, 0.25) is 0 Å². The van der Waals surface area contributed by atoms with Crippen LogP contribution in [-0.4, -0.2) is 50.7 Å². The maximum atomic E-state index is 9.91. The molecule has 1 aromatic heterocycles. The molecule has 4 atom stereocenters. The number of ether oxygens (including phenoxy) is 1. The topological polar surface area (TPSA) is 82.8 Å². The van der Waals surface area contributed by atoms with Crippen LogP contribution in [0.3, 0.4) is 0 Å². The van der Waals surface area contributed by atoms with E-state index in [0.717, 1.165) is 15.8 Å². The third-order valence-electron chi connectivity index (χ3n) is 3.33. The molecule has 3 N–H and O–H groups in total. The fraction of sp³-hybridized carbons (Fsp3) is 0.357. The Morgan fingerprint density at radius 1 is 1.20 bits per heavy atom. The van der Waals surface area contributed by atoms with Crippen molar-refractivity contribution in [3.8, 4) is 0 Å². The number of aliphatic hydroxyl groups is 3.